The van der Waals surface area contributed by atoms with Gasteiger partial charge in [-0.3, -0.25) is 32.6 Å². The molecule has 1 aliphatic heterocycles. The van der Waals surface area contributed by atoms with Crippen molar-refractivity contribution < 1.29 is 80.5 Å². The highest BCUT2D eigenvalue weighted by molar-refractivity contribution is 8.13. The second kappa shape index (κ2) is 33.1. The fourth-order valence-electron chi connectivity index (χ4n) is 6.69. The van der Waals surface area contributed by atoms with Crippen LogP contribution in [0.3, 0.4) is 0 Å². The third kappa shape index (κ3) is 24.7. The second-order valence-electron chi connectivity index (χ2n) is 16.6. The Morgan fingerprint density at radius 2 is 1.50 bits per heavy atom. The first-order chi connectivity index (χ1) is 31.6. The molecule has 406 valence electrons. The van der Waals surface area contributed by atoms with Gasteiger partial charge in [0, 0.05) is 37.1 Å². The summed E-state index contributed by atoms with van der Waals surface area (Å²) in [5.74, 6) is -1.13. The molecule has 2 amide bonds. The van der Waals surface area contributed by atoms with Crippen molar-refractivity contribution in [3.05, 3.63) is 24.8 Å². The van der Waals surface area contributed by atoms with Crippen LogP contribution in [-0.4, -0.2) is 108 Å². The molecular weight excluding hydrogens is 1010 g/mol. The Hall–Kier alpha value is -2.82. The van der Waals surface area contributed by atoms with Crippen LogP contribution in [0.5, 0.6) is 0 Å². The molecule has 2 aromatic heterocycles. The van der Waals surface area contributed by atoms with Crippen molar-refractivity contribution in [3.63, 3.8) is 0 Å². The average molecular weight is 1080 g/mol. The number of phosphoric acid groups is 3. The highest BCUT2D eigenvalue weighted by Crippen LogP contribution is 2.56. The molecule has 3 heterocycles. The Labute approximate surface area is 412 Å². The fourth-order valence-corrected chi connectivity index (χ4v) is 10.2. The number of nitrogens with one attached hydrogen (secondary N) is 2. The van der Waals surface area contributed by atoms with Gasteiger partial charge in [0.1, 0.15) is 36.3 Å². The Bertz CT molecular complexity index is 2050. The molecule has 0 aliphatic carbocycles. The molecule has 31 heteroatoms. The van der Waals surface area contributed by atoms with Gasteiger partial charge in [-0.25, -0.2) is 19.3 Å². The lowest BCUT2D eigenvalue weighted by molar-refractivity contribution is -0.247. The number of imidazole rings is 1. The molecule has 19 N–H and O–H groups in total. The van der Waals surface area contributed by atoms with Crippen LogP contribution in [0.25, 0.3) is 11.2 Å². The summed E-state index contributed by atoms with van der Waals surface area (Å²) in [6.07, 6.45) is 13.0. The van der Waals surface area contributed by atoms with E-state index >= 15 is 0 Å². The molecule has 3 rings (SSSR count). The number of fused-ring (bicyclic) bond motifs is 1. The Morgan fingerprint density at radius 3 is 2.13 bits per heavy atom. The summed E-state index contributed by atoms with van der Waals surface area (Å²) in [5, 5.41) is 26.5. The highest BCUT2D eigenvalue weighted by Gasteiger charge is 2.48. The van der Waals surface area contributed by atoms with Gasteiger partial charge in [-0.2, -0.15) is 0 Å². The maximum Gasteiger partial charge on any atom is 0.274 e. The maximum absolute atomic E-state index is 12.6. The summed E-state index contributed by atoms with van der Waals surface area (Å²) in [7, 11) is -17.3. The first kappa shape index (κ1) is 67.2. The van der Waals surface area contributed by atoms with Crippen LogP contribution in [0, 0.1) is 5.41 Å². The van der Waals surface area contributed by atoms with Gasteiger partial charge in [0.05, 0.1) is 19.5 Å². The zero-order valence-electron chi connectivity index (χ0n) is 41.0. The zero-order chi connectivity index (χ0) is 49.7. The topological polar surface area (TPSA) is 482 Å². The number of hydrogen-bond donors (Lipinski definition) is 9. The monoisotopic (exact) mass is 1080 g/mol. The molecule has 1 saturated heterocycles. The molecule has 70 heavy (non-hydrogen) atoms. The van der Waals surface area contributed by atoms with Crippen molar-refractivity contribution >= 4 is 69.1 Å². The molecule has 3 unspecified atom stereocenters. The molecule has 2 aromatic rings. The number of rotatable bonds is 34. The number of unbranched alkanes of at least 4 members (excludes halogenated alkanes) is 11. The van der Waals surface area contributed by atoms with Gasteiger partial charge in [-0.15, -0.1) is 0 Å². The van der Waals surface area contributed by atoms with E-state index in [1.54, 1.807) is 0 Å². The quantitative estimate of drug-likeness (QED) is 0.0272. The predicted octanol–water partition coefficient (Wildman–Crippen LogP) is 3.93. The van der Waals surface area contributed by atoms with Crippen LogP contribution in [-0.2, 0) is 50.7 Å². The molecule has 0 aromatic carbocycles. The van der Waals surface area contributed by atoms with Gasteiger partial charge in [0.15, 0.2) is 22.8 Å². The van der Waals surface area contributed by atoms with Crippen molar-refractivity contribution in [1.82, 2.24) is 48.6 Å². The summed E-state index contributed by atoms with van der Waals surface area (Å²) >= 11 is 1.13. The SMILES string of the molecule is CCCCCCCCCCC/C=C\CCCCC(=O)SCCNC(=O)CCNC(=O)[C@H](O)C(C)(C)COP(=O)([O-])OP(=O)([O-])OC[C@H]1O[C@@H](n2cnc3c(N)ncnc32)[C@H](O)[C@@H]1OP(=O)([O-])O.[NH4+].[NH4+].[NH4+]. The van der Waals surface area contributed by atoms with Crippen LogP contribution in [0.2, 0.25) is 0 Å². The number of aliphatic hydroxyl groups excluding tert-OH is 2. The standard InChI is InChI=1S/C39H68N7O17P3S.3H3N/c1-4-5-6-7-8-9-10-11-12-13-14-15-16-17-18-19-30(48)67-23-22-41-29(47)20-21-42-37(51)34(50)39(2,3)25-60-66(57,58)63-65(55,56)59-24-28-33(62-64(52,53)54)32(49)38(61-28)46-27-45-31-35(40)43-26-44-36(31)46;;;/h14-15,26-28,32-34,38,49-50H,4-13,16-25H2,1-3H3,(H,41,47)(H,42,51)(H,55,56)(H,57,58)(H2,40,43,44)(H2,52,53,54);3*1H3/b15-14-;;;/t28-,32-,33-,34+,38-;;;/m1.../s1. The fraction of sp³-hybridized carbons (Fsp3) is 0.744. The summed E-state index contributed by atoms with van der Waals surface area (Å²) in [5.41, 5.74) is 4.13. The van der Waals surface area contributed by atoms with E-state index in [9.17, 15) is 57.9 Å². The number of nitrogens with zero attached hydrogens (tertiary/aromatic N) is 4. The number of aromatic nitrogens is 4. The lowest BCUT2D eigenvalue weighted by Gasteiger charge is -2.35. The average Bonchev–Trinajstić information content (AvgIpc) is 3.81. The lowest BCUT2D eigenvalue weighted by atomic mass is 9.87. The number of ether oxygens (including phenoxy) is 1. The summed E-state index contributed by atoms with van der Waals surface area (Å²) in [6, 6.07) is 0. The second-order valence-corrected chi connectivity index (χ2v) is 21.8. The van der Waals surface area contributed by atoms with E-state index in [2.05, 4.69) is 62.5 Å². The number of allylic oxidation sites excluding steroid dienone is 2. The zero-order valence-corrected chi connectivity index (χ0v) is 44.5. The minimum atomic E-state index is -5.90. The number of anilines is 1. The van der Waals surface area contributed by atoms with E-state index in [-0.39, 0.29) is 60.1 Å². The van der Waals surface area contributed by atoms with Crippen molar-refractivity contribution in [3.8, 4) is 0 Å². The van der Waals surface area contributed by atoms with Gasteiger partial charge >= 0.3 is 0 Å². The van der Waals surface area contributed by atoms with Crippen LogP contribution in [0.4, 0.5) is 5.82 Å². The summed E-state index contributed by atoms with van der Waals surface area (Å²) < 4.78 is 61.1. The van der Waals surface area contributed by atoms with E-state index in [4.69, 9.17) is 10.5 Å². The minimum Gasteiger partial charge on any atom is -0.756 e. The van der Waals surface area contributed by atoms with E-state index < -0.39 is 84.6 Å². The van der Waals surface area contributed by atoms with Gasteiger partial charge in [0.25, 0.3) is 23.5 Å². The van der Waals surface area contributed by atoms with Crippen molar-refractivity contribution in [2.75, 3.05) is 37.8 Å². The molecule has 0 saturated carbocycles. The Balaban J connectivity index is 0.0000159. The third-order valence-electron chi connectivity index (χ3n) is 10.4. The number of nitrogen functional groups attached to an aromatic ring is 1. The number of aliphatic hydroxyl groups is 2. The van der Waals surface area contributed by atoms with Crippen LogP contribution in [0.1, 0.15) is 123 Å². The highest BCUT2D eigenvalue weighted by atomic mass is 32.2. The number of carbonyl (C=O) groups excluding carboxylic acids is 3. The van der Waals surface area contributed by atoms with Gasteiger partial charge in [-0.1, -0.05) is 96.1 Å². The molecule has 0 spiro atoms. The van der Waals surface area contributed by atoms with Crippen molar-refractivity contribution in [1.29, 1.82) is 0 Å². The number of quaternary nitrogens is 3. The first-order valence-corrected chi connectivity index (χ1v) is 27.6. The van der Waals surface area contributed by atoms with Gasteiger partial charge in [0.2, 0.25) is 11.8 Å². The summed E-state index contributed by atoms with van der Waals surface area (Å²) in [6.45, 7) is 2.44. The first-order valence-electron chi connectivity index (χ1n) is 22.2. The van der Waals surface area contributed by atoms with Gasteiger partial charge < -0.3 is 82.9 Å². The molecule has 8 atom stereocenters. The van der Waals surface area contributed by atoms with E-state index in [0.717, 1.165) is 54.7 Å². The number of phosphoric ester groups is 3. The predicted molar refractivity (Wildman–Crippen MR) is 258 cm³/mol. The molecule has 1 aliphatic rings. The molecule has 0 radical (unpaired) electrons. The Kier molecular flexibility index (Phi) is 31.8. The number of carbonyl (C=O) groups is 3. The molecular formula is C39H77N10O17P3S. The van der Waals surface area contributed by atoms with E-state index in [1.165, 1.54) is 71.6 Å². The van der Waals surface area contributed by atoms with Gasteiger partial charge in [-0.05, 0) is 32.1 Å². The summed E-state index contributed by atoms with van der Waals surface area (Å²) in [4.78, 5) is 94.8. The van der Waals surface area contributed by atoms with Crippen LogP contribution < -0.4 is 49.5 Å². The van der Waals surface area contributed by atoms with Crippen LogP contribution >= 0.6 is 35.2 Å². The molecule has 0 bridgehead atoms. The van der Waals surface area contributed by atoms with E-state index in [1.807, 2.05) is 0 Å². The number of nitrogens with two attached hydrogens (primary N) is 1. The number of hydrogen-bond acceptors (Lipinski definition) is 21. The molecule has 27 nitrogen and oxygen atoms in total. The Morgan fingerprint density at radius 1 is 0.900 bits per heavy atom. The van der Waals surface area contributed by atoms with Crippen molar-refractivity contribution in [2.45, 2.75) is 148 Å². The largest absolute Gasteiger partial charge is 0.756 e. The maximum atomic E-state index is 12.6. The lowest BCUT2D eigenvalue weighted by Crippen LogP contribution is -2.46. The van der Waals surface area contributed by atoms with E-state index in [0.29, 0.717) is 12.2 Å². The minimum absolute atomic E-state index is 0. The number of amides is 2. The normalized spacial score (nSPS) is 20.0. The number of thioether (sulfide) groups is 1. The third-order valence-corrected chi connectivity index (χ3v) is 14.3. The van der Waals surface area contributed by atoms with Crippen LogP contribution in [0.15, 0.2) is 24.8 Å². The molecule has 1 fully saturated rings. The van der Waals surface area contributed by atoms with Crippen molar-refractivity contribution in [2.24, 2.45) is 5.41 Å². The smallest absolute Gasteiger partial charge is 0.274 e.